The molecule has 0 aromatic carbocycles. The molecule has 0 atom stereocenters. The van der Waals surface area contributed by atoms with Crippen LogP contribution in [0.15, 0.2) is 24.6 Å². The predicted molar refractivity (Wildman–Crippen MR) is 242 cm³/mol. The predicted octanol–water partition coefficient (Wildman–Crippen LogP) is 13.5. The smallest absolute Gasteiger partial charge is 0.306 e. The molecule has 0 aliphatic heterocycles. The maximum absolute atomic E-state index is 12.8. The van der Waals surface area contributed by atoms with Crippen molar-refractivity contribution in [1.29, 1.82) is 0 Å². The molecule has 1 N–H and O–H groups in total. The highest BCUT2D eigenvalue weighted by molar-refractivity contribution is 5.69. The van der Waals surface area contributed by atoms with Crippen molar-refractivity contribution in [3.63, 3.8) is 0 Å². The molecular weight excluding hydrogens is 695 g/mol. The molecule has 0 aliphatic carbocycles. The van der Waals surface area contributed by atoms with E-state index in [-0.39, 0.29) is 18.0 Å². The zero-order chi connectivity index (χ0) is 41.2. The van der Waals surface area contributed by atoms with Crippen LogP contribution >= 0.6 is 0 Å². The molecule has 0 amide bonds. The van der Waals surface area contributed by atoms with E-state index in [4.69, 9.17) is 9.47 Å². The molecule has 0 saturated heterocycles. The van der Waals surface area contributed by atoms with Gasteiger partial charge in [-0.2, -0.15) is 0 Å². The summed E-state index contributed by atoms with van der Waals surface area (Å²) in [7, 11) is 4.04. The van der Waals surface area contributed by atoms with E-state index in [0.29, 0.717) is 19.4 Å². The largest absolute Gasteiger partial charge is 0.462 e. The van der Waals surface area contributed by atoms with E-state index in [2.05, 4.69) is 43.6 Å². The van der Waals surface area contributed by atoms with Gasteiger partial charge in [-0.3, -0.25) is 9.59 Å². The highest BCUT2D eigenvalue weighted by atomic mass is 16.5. The third-order valence-corrected chi connectivity index (χ3v) is 11.0. The topological polar surface area (TPSA) is 71.1 Å². The Balaban J connectivity index is 4.38. The molecule has 7 nitrogen and oxygen atoms in total. The highest BCUT2D eigenvalue weighted by Gasteiger charge is 2.14. The van der Waals surface area contributed by atoms with Gasteiger partial charge >= 0.3 is 11.9 Å². The average molecular weight is 790 g/mol. The molecule has 0 fully saturated rings. The van der Waals surface area contributed by atoms with Gasteiger partial charge in [0.25, 0.3) is 0 Å². The summed E-state index contributed by atoms with van der Waals surface area (Å²) in [6.45, 7) is 15.6. The number of ether oxygens (including phenoxy) is 2. The van der Waals surface area contributed by atoms with Crippen molar-refractivity contribution in [3.8, 4) is 0 Å². The summed E-state index contributed by atoms with van der Waals surface area (Å²) >= 11 is 0. The van der Waals surface area contributed by atoms with E-state index in [1.807, 2.05) is 25.1 Å². The molecule has 0 saturated carbocycles. The second-order valence-electron chi connectivity index (χ2n) is 16.7. The standard InChI is InChI=1S/C49H95N3O4/c1-7-10-13-16-19-28-35-45-55-48(53)39-31-24-20-26-33-42-52(44-36-41-50-46(4)51(5)6)43-34-27-21-25-32-40-49(54)56-47(37-29-22-17-14-11-8-2)38-30-23-18-15-12-9-3/h28,35,47,50H,4,7-27,29-34,36-45H2,1-3,5-6H3/b35-28-. The first kappa shape index (κ1) is 54.0. The molecule has 0 aromatic heterocycles. The maximum atomic E-state index is 12.8. The molecule has 7 heteroatoms. The number of rotatable bonds is 44. The molecular formula is C49H95N3O4. The molecule has 0 aromatic rings. The molecule has 0 radical (unpaired) electrons. The van der Waals surface area contributed by atoms with Crippen LogP contribution in [0.3, 0.4) is 0 Å². The van der Waals surface area contributed by atoms with Gasteiger partial charge in [-0.1, -0.05) is 161 Å². The lowest BCUT2D eigenvalue weighted by Gasteiger charge is -2.23. The fourth-order valence-corrected chi connectivity index (χ4v) is 7.20. The number of unbranched alkanes of at least 4 members (excludes halogenated alkanes) is 22. The van der Waals surface area contributed by atoms with Crippen LogP contribution in [0, 0.1) is 0 Å². The Labute approximate surface area is 348 Å². The number of hydrogen-bond acceptors (Lipinski definition) is 7. The lowest BCUT2D eigenvalue weighted by Crippen LogP contribution is -2.31. The quantitative estimate of drug-likeness (QED) is 0.0374. The van der Waals surface area contributed by atoms with Crippen LogP contribution in [0.1, 0.15) is 226 Å². The van der Waals surface area contributed by atoms with Crippen molar-refractivity contribution in [2.75, 3.05) is 46.9 Å². The summed E-state index contributed by atoms with van der Waals surface area (Å²) in [6.07, 6.45) is 41.3. The van der Waals surface area contributed by atoms with Crippen LogP contribution in [0.4, 0.5) is 0 Å². The summed E-state index contributed by atoms with van der Waals surface area (Å²) in [4.78, 5) is 29.6. The van der Waals surface area contributed by atoms with Crippen LogP contribution in [0.25, 0.3) is 0 Å². The first-order valence-electron chi connectivity index (χ1n) is 24.2. The minimum absolute atomic E-state index is 0.0276. The van der Waals surface area contributed by atoms with Crippen molar-refractivity contribution in [2.24, 2.45) is 0 Å². The monoisotopic (exact) mass is 790 g/mol. The van der Waals surface area contributed by atoms with Crippen LogP contribution in [0.5, 0.6) is 0 Å². The second kappa shape index (κ2) is 42.6. The number of allylic oxidation sites excluding steroid dienone is 1. The third kappa shape index (κ3) is 38.8. The normalized spacial score (nSPS) is 11.6. The van der Waals surface area contributed by atoms with Gasteiger partial charge in [0.05, 0.1) is 5.82 Å². The summed E-state index contributed by atoms with van der Waals surface area (Å²) in [5.74, 6) is 0.924. The summed E-state index contributed by atoms with van der Waals surface area (Å²) in [6, 6.07) is 0. The van der Waals surface area contributed by atoms with Gasteiger partial charge < -0.3 is 24.6 Å². The number of hydrogen-bond donors (Lipinski definition) is 1. The van der Waals surface area contributed by atoms with Crippen molar-refractivity contribution in [1.82, 2.24) is 15.1 Å². The van der Waals surface area contributed by atoms with Gasteiger partial charge in [0.15, 0.2) is 0 Å². The van der Waals surface area contributed by atoms with Gasteiger partial charge in [-0.15, -0.1) is 0 Å². The Kier molecular flexibility index (Phi) is 41.0. The minimum atomic E-state index is -0.0662. The van der Waals surface area contributed by atoms with Crippen molar-refractivity contribution in [2.45, 2.75) is 232 Å². The Morgan fingerprint density at radius 1 is 0.554 bits per heavy atom. The van der Waals surface area contributed by atoms with E-state index < -0.39 is 0 Å². The van der Waals surface area contributed by atoms with Crippen molar-refractivity contribution in [3.05, 3.63) is 24.6 Å². The minimum Gasteiger partial charge on any atom is -0.462 e. The van der Waals surface area contributed by atoms with Gasteiger partial charge in [0, 0.05) is 33.5 Å². The number of esters is 2. The number of nitrogens with one attached hydrogen (secondary N) is 1. The highest BCUT2D eigenvalue weighted by Crippen LogP contribution is 2.18. The van der Waals surface area contributed by atoms with Crippen LogP contribution in [-0.4, -0.2) is 74.7 Å². The van der Waals surface area contributed by atoms with Crippen LogP contribution < -0.4 is 5.32 Å². The zero-order valence-corrected chi connectivity index (χ0v) is 38.1. The first-order chi connectivity index (χ1) is 27.3. The van der Waals surface area contributed by atoms with Crippen molar-refractivity contribution < 1.29 is 19.1 Å². The molecule has 0 rings (SSSR count). The van der Waals surface area contributed by atoms with E-state index in [9.17, 15) is 9.59 Å². The molecule has 0 heterocycles. The first-order valence-corrected chi connectivity index (χ1v) is 24.2. The van der Waals surface area contributed by atoms with Gasteiger partial charge in [0.2, 0.25) is 0 Å². The molecule has 0 unspecified atom stereocenters. The van der Waals surface area contributed by atoms with E-state index >= 15 is 0 Å². The fraction of sp³-hybridized carbons (Fsp3) is 0.878. The summed E-state index contributed by atoms with van der Waals surface area (Å²) in [5.41, 5.74) is 0. The third-order valence-electron chi connectivity index (χ3n) is 11.0. The second-order valence-corrected chi connectivity index (χ2v) is 16.7. The van der Waals surface area contributed by atoms with Crippen LogP contribution in [0.2, 0.25) is 0 Å². The summed E-state index contributed by atoms with van der Waals surface area (Å²) in [5, 5.41) is 3.44. The lowest BCUT2D eigenvalue weighted by molar-refractivity contribution is -0.150. The van der Waals surface area contributed by atoms with E-state index in [0.717, 1.165) is 83.4 Å². The maximum Gasteiger partial charge on any atom is 0.306 e. The number of carbonyl (C=O) groups is 2. The molecule has 0 aliphatic rings. The molecule has 0 spiro atoms. The van der Waals surface area contributed by atoms with Gasteiger partial charge in [0.1, 0.15) is 12.7 Å². The Morgan fingerprint density at radius 2 is 1.00 bits per heavy atom. The Morgan fingerprint density at radius 3 is 1.54 bits per heavy atom. The Hall–Kier alpha value is -2.02. The van der Waals surface area contributed by atoms with Crippen molar-refractivity contribution >= 4 is 11.9 Å². The number of nitrogens with zero attached hydrogens (tertiary/aromatic N) is 2. The SMILES string of the molecule is C=C(NCCCN(CCCCCCCC(=O)OC/C=C\CCCCCC)CCCCCCCC(=O)OC(CCCCCCCC)CCCCCCCC)N(C)C. The average Bonchev–Trinajstić information content (AvgIpc) is 3.18. The van der Waals surface area contributed by atoms with Gasteiger partial charge in [-0.05, 0) is 90.3 Å². The Bertz CT molecular complexity index is 892. The van der Waals surface area contributed by atoms with Gasteiger partial charge in [-0.25, -0.2) is 0 Å². The fourth-order valence-electron chi connectivity index (χ4n) is 7.20. The lowest BCUT2D eigenvalue weighted by atomic mass is 10.0. The molecule has 56 heavy (non-hydrogen) atoms. The van der Waals surface area contributed by atoms with Crippen LogP contribution in [-0.2, 0) is 19.1 Å². The number of carbonyl (C=O) groups excluding carboxylic acids is 2. The zero-order valence-electron chi connectivity index (χ0n) is 38.1. The van der Waals surface area contributed by atoms with E-state index in [1.54, 1.807) is 0 Å². The molecule has 0 bridgehead atoms. The van der Waals surface area contributed by atoms with E-state index in [1.165, 1.54) is 141 Å². The molecule has 330 valence electrons. The summed E-state index contributed by atoms with van der Waals surface area (Å²) < 4.78 is 11.4.